The van der Waals surface area contributed by atoms with Gasteiger partial charge in [-0.2, -0.15) is 5.26 Å². The van der Waals surface area contributed by atoms with Crippen LogP contribution in [-0.4, -0.2) is 34.5 Å². The fraction of sp³-hybridized carbons (Fsp3) is 0. The molecule has 0 atom stereocenters. The van der Waals surface area contributed by atoms with Crippen molar-refractivity contribution in [2.45, 2.75) is 0 Å². The maximum Gasteiger partial charge on any atom is 0.165 e. The van der Waals surface area contributed by atoms with Crippen molar-refractivity contribution in [2.24, 2.45) is 0 Å². The standard InChI is InChI=1S/C49H30N8/c50-31-37-29-38(26-27-39(37)49-55-46(34-19-9-3-10-20-34)52-47(56-49)35-21-11-4-12-22-35)57-42-24-14-13-23-40(42)41-30-36(25-28-43(41)57)48-53-44(32-15-5-1-6-16-32)51-45(54-48)33-17-7-2-8-18-33/h1-30H. The maximum absolute atomic E-state index is 10.6. The van der Waals surface area contributed by atoms with Crippen LogP contribution >= 0.6 is 0 Å². The molecule has 0 fully saturated rings. The monoisotopic (exact) mass is 730 g/mol. The summed E-state index contributed by atoms with van der Waals surface area (Å²) >= 11 is 0. The molecule has 0 radical (unpaired) electrons. The molecule has 10 aromatic rings. The van der Waals surface area contributed by atoms with Crippen molar-refractivity contribution in [3.05, 3.63) is 188 Å². The van der Waals surface area contributed by atoms with E-state index in [0.717, 1.165) is 55.3 Å². The Hall–Kier alpha value is -8.15. The molecule has 8 heteroatoms. The van der Waals surface area contributed by atoms with Gasteiger partial charge in [0.25, 0.3) is 0 Å². The predicted molar refractivity (Wildman–Crippen MR) is 225 cm³/mol. The average Bonchev–Trinajstić information content (AvgIpc) is 3.63. The first kappa shape index (κ1) is 33.4. The van der Waals surface area contributed by atoms with Gasteiger partial charge >= 0.3 is 0 Å². The van der Waals surface area contributed by atoms with E-state index < -0.39 is 0 Å². The Labute approximate surface area is 328 Å². The van der Waals surface area contributed by atoms with E-state index in [0.29, 0.717) is 46.1 Å². The van der Waals surface area contributed by atoms with Gasteiger partial charge in [-0.25, -0.2) is 29.9 Å². The zero-order chi connectivity index (χ0) is 38.1. The molecule has 0 unspecified atom stereocenters. The highest BCUT2D eigenvalue weighted by Gasteiger charge is 2.19. The van der Waals surface area contributed by atoms with Crippen LogP contribution in [0.1, 0.15) is 5.56 Å². The number of rotatable bonds is 7. The second kappa shape index (κ2) is 14.3. The second-order valence-corrected chi connectivity index (χ2v) is 13.5. The third kappa shape index (κ3) is 6.25. The van der Waals surface area contributed by atoms with E-state index in [1.165, 1.54) is 0 Å². The number of benzene rings is 7. The van der Waals surface area contributed by atoms with E-state index in [-0.39, 0.29) is 0 Å². The Morgan fingerprint density at radius 3 is 1.26 bits per heavy atom. The molecule has 3 heterocycles. The van der Waals surface area contributed by atoms with Gasteiger partial charge in [0.2, 0.25) is 0 Å². The van der Waals surface area contributed by atoms with E-state index in [2.05, 4.69) is 41.0 Å². The van der Waals surface area contributed by atoms with Gasteiger partial charge in [-0.3, -0.25) is 0 Å². The molecule has 0 aliphatic heterocycles. The highest BCUT2D eigenvalue weighted by molar-refractivity contribution is 6.10. The Kier molecular flexibility index (Phi) is 8.36. The molecule has 8 nitrogen and oxygen atoms in total. The van der Waals surface area contributed by atoms with Crippen LogP contribution in [0.5, 0.6) is 0 Å². The predicted octanol–water partition coefficient (Wildman–Crippen LogP) is 11.0. The summed E-state index contributed by atoms with van der Waals surface area (Å²) in [4.78, 5) is 29.5. The molecule has 10 rings (SSSR count). The first-order valence-corrected chi connectivity index (χ1v) is 18.5. The third-order valence-electron chi connectivity index (χ3n) is 9.95. The van der Waals surface area contributed by atoms with Crippen molar-refractivity contribution in [2.75, 3.05) is 0 Å². The van der Waals surface area contributed by atoms with Crippen LogP contribution in [0.15, 0.2) is 182 Å². The number of aromatic nitrogens is 7. The lowest BCUT2D eigenvalue weighted by Gasteiger charge is -2.12. The lowest BCUT2D eigenvalue weighted by molar-refractivity contribution is 1.07. The van der Waals surface area contributed by atoms with Crippen LogP contribution in [-0.2, 0) is 0 Å². The maximum atomic E-state index is 10.6. The number of nitrogens with zero attached hydrogens (tertiary/aromatic N) is 8. The first-order chi connectivity index (χ1) is 28.2. The molecule has 0 spiro atoms. The van der Waals surface area contributed by atoms with Gasteiger partial charge in [0.05, 0.1) is 22.7 Å². The van der Waals surface area contributed by atoms with Crippen LogP contribution in [0.25, 0.3) is 95.8 Å². The topological polar surface area (TPSA) is 106 Å². The molecule has 0 amide bonds. The summed E-state index contributed by atoms with van der Waals surface area (Å²) in [7, 11) is 0. The summed E-state index contributed by atoms with van der Waals surface area (Å²) in [6.07, 6.45) is 0. The van der Waals surface area contributed by atoms with Crippen molar-refractivity contribution in [3.63, 3.8) is 0 Å². The highest BCUT2D eigenvalue weighted by Crippen LogP contribution is 2.36. The normalized spacial score (nSPS) is 11.1. The molecule has 0 N–H and O–H groups in total. The number of fused-ring (bicyclic) bond motifs is 3. The third-order valence-corrected chi connectivity index (χ3v) is 9.95. The van der Waals surface area contributed by atoms with E-state index in [1.54, 1.807) is 0 Å². The van der Waals surface area contributed by atoms with Gasteiger partial charge in [-0.1, -0.05) is 140 Å². The van der Waals surface area contributed by atoms with Gasteiger partial charge in [-0.05, 0) is 42.5 Å². The average molecular weight is 731 g/mol. The second-order valence-electron chi connectivity index (χ2n) is 13.5. The molecule has 0 saturated heterocycles. The van der Waals surface area contributed by atoms with Crippen LogP contribution in [0, 0.1) is 11.3 Å². The minimum absolute atomic E-state index is 0.430. The van der Waals surface area contributed by atoms with Crippen LogP contribution in [0.4, 0.5) is 0 Å². The summed E-state index contributed by atoms with van der Waals surface area (Å²) in [6.45, 7) is 0. The Balaban J connectivity index is 1.11. The Bertz CT molecular complexity index is 3010. The van der Waals surface area contributed by atoms with E-state index in [1.807, 2.05) is 152 Å². The lowest BCUT2D eigenvalue weighted by atomic mass is 10.1. The molecular formula is C49H30N8. The number of nitriles is 1. The van der Waals surface area contributed by atoms with Crippen molar-refractivity contribution >= 4 is 21.8 Å². The molecule has 7 aromatic carbocycles. The summed E-state index contributed by atoms with van der Waals surface area (Å²) in [5.74, 6) is 3.30. The van der Waals surface area contributed by atoms with E-state index in [9.17, 15) is 5.26 Å². The van der Waals surface area contributed by atoms with Crippen LogP contribution in [0.3, 0.4) is 0 Å². The van der Waals surface area contributed by atoms with Crippen LogP contribution in [0.2, 0.25) is 0 Å². The highest BCUT2D eigenvalue weighted by atomic mass is 15.0. The number of hydrogen-bond donors (Lipinski definition) is 0. The smallest absolute Gasteiger partial charge is 0.165 e. The quantitative estimate of drug-likeness (QED) is 0.161. The molecule has 266 valence electrons. The molecule has 0 bridgehead atoms. The van der Waals surface area contributed by atoms with Gasteiger partial charge in [0.1, 0.15) is 0 Å². The van der Waals surface area contributed by atoms with Crippen molar-refractivity contribution < 1.29 is 0 Å². The largest absolute Gasteiger partial charge is 0.309 e. The van der Waals surface area contributed by atoms with Gasteiger partial charge < -0.3 is 4.57 Å². The van der Waals surface area contributed by atoms with Crippen molar-refractivity contribution in [1.82, 2.24) is 34.5 Å². The summed E-state index contributed by atoms with van der Waals surface area (Å²) < 4.78 is 2.19. The molecule has 0 aliphatic carbocycles. The zero-order valence-corrected chi connectivity index (χ0v) is 30.4. The number of para-hydroxylation sites is 1. The van der Waals surface area contributed by atoms with Crippen molar-refractivity contribution in [3.8, 4) is 80.1 Å². The van der Waals surface area contributed by atoms with Gasteiger partial charge in [0, 0.05) is 49.8 Å². The van der Waals surface area contributed by atoms with Crippen LogP contribution < -0.4 is 0 Å². The SMILES string of the molecule is N#Cc1cc(-n2c3ccccc3c3cc(-c4nc(-c5ccccc5)nc(-c5ccccc5)n4)ccc32)ccc1-c1nc(-c2ccccc2)nc(-c2ccccc2)n1. The van der Waals surface area contributed by atoms with Gasteiger partial charge in [-0.15, -0.1) is 0 Å². The lowest BCUT2D eigenvalue weighted by Crippen LogP contribution is -2.02. The molecule has 0 saturated carbocycles. The number of hydrogen-bond acceptors (Lipinski definition) is 7. The first-order valence-electron chi connectivity index (χ1n) is 18.5. The van der Waals surface area contributed by atoms with E-state index >= 15 is 0 Å². The fourth-order valence-electron chi connectivity index (χ4n) is 7.22. The minimum atomic E-state index is 0.430. The molecule has 0 aliphatic rings. The fourth-order valence-corrected chi connectivity index (χ4v) is 7.22. The minimum Gasteiger partial charge on any atom is -0.309 e. The summed E-state index contributed by atoms with van der Waals surface area (Å²) in [6, 6.07) is 62.5. The summed E-state index contributed by atoms with van der Waals surface area (Å²) in [5, 5.41) is 12.7. The van der Waals surface area contributed by atoms with E-state index in [4.69, 9.17) is 29.9 Å². The molecular weight excluding hydrogens is 701 g/mol. The molecule has 57 heavy (non-hydrogen) atoms. The van der Waals surface area contributed by atoms with Crippen molar-refractivity contribution in [1.29, 1.82) is 5.26 Å². The summed E-state index contributed by atoms with van der Waals surface area (Å²) in [5.41, 5.74) is 8.33. The Morgan fingerprint density at radius 2 is 0.772 bits per heavy atom. The zero-order valence-electron chi connectivity index (χ0n) is 30.4. The Morgan fingerprint density at radius 1 is 0.351 bits per heavy atom. The molecule has 3 aromatic heterocycles. The van der Waals surface area contributed by atoms with Gasteiger partial charge in [0.15, 0.2) is 34.9 Å².